The molecule has 5 heteroatoms. The lowest BCUT2D eigenvalue weighted by Crippen LogP contribution is -2.55. The highest BCUT2D eigenvalue weighted by Gasteiger charge is 2.29. The molecule has 0 spiro atoms. The summed E-state index contributed by atoms with van der Waals surface area (Å²) in [5, 5.41) is 0. The van der Waals surface area contributed by atoms with Crippen molar-refractivity contribution in [1.29, 1.82) is 0 Å². The summed E-state index contributed by atoms with van der Waals surface area (Å²) in [5.74, 6) is 0. The third-order valence-electron chi connectivity index (χ3n) is 4.09. The van der Waals surface area contributed by atoms with Crippen LogP contribution in [0, 0.1) is 6.92 Å². The molecule has 1 aromatic rings. The second-order valence-corrected chi connectivity index (χ2v) is 7.20. The minimum atomic E-state index is 0.210. The Morgan fingerprint density at radius 1 is 1.40 bits per heavy atom. The van der Waals surface area contributed by atoms with E-state index in [0.717, 1.165) is 45.8 Å². The first kappa shape index (κ1) is 15.9. The van der Waals surface area contributed by atoms with E-state index in [4.69, 9.17) is 4.74 Å². The minimum absolute atomic E-state index is 0.210. The van der Waals surface area contributed by atoms with Crippen molar-refractivity contribution in [1.82, 2.24) is 14.8 Å². The molecule has 0 unspecified atom stereocenters. The van der Waals surface area contributed by atoms with Gasteiger partial charge in [0.1, 0.15) is 0 Å². The lowest BCUT2D eigenvalue weighted by molar-refractivity contribution is -0.0192. The van der Waals surface area contributed by atoms with Crippen LogP contribution in [0.5, 0.6) is 0 Å². The summed E-state index contributed by atoms with van der Waals surface area (Å²) in [4.78, 5) is 10.7. The number of likely N-dealkylation sites (N-methyl/N-ethyl adjacent to an activating group) is 1. The number of hydrogen-bond donors (Lipinski definition) is 0. The number of hydrogen-bond acceptors (Lipinski definition) is 5. The van der Waals surface area contributed by atoms with Gasteiger partial charge in [-0.2, -0.15) is 0 Å². The molecule has 0 N–H and O–H groups in total. The highest BCUT2D eigenvalue weighted by molar-refractivity contribution is 7.09. The Bertz CT molecular complexity index is 413. The monoisotopic (exact) mass is 297 g/mol. The molecule has 0 aliphatic carbocycles. The van der Waals surface area contributed by atoms with Crippen molar-refractivity contribution in [3.63, 3.8) is 0 Å². The molecule has 2 heterocycles. The van der Waals surface area contributed by atoms with Gasteiger partial charge >= 0.3 is 0 Å². The van der Waals surface area contributed by atoms with Gasteiger partial charge in [-0.15, -0.1) is 11.3 Å². The van der Waals surface area contributed by atoms with Crippen LogP contribution in [0.2, 0.25) is 0 Å². The van der Waals surface area contributed by atoms with Crippen LogP contribution in [0.4, 0.5) is 0 Å². The fraction of sp³-hybridized carbons (Fsp3) is 0.800. The standard InChI is InChI=1S/C15H27N3OS/c1-13-14(20-12-16-13)5-6-17(4)11-15(2,3)18-7-9-19-10-8-18/h12H,5-11H2,1-4H3. The Hall–Kier alpha value is -0.490. The van der Waals surface area contributed by atoms with E-state index in [1.165, 1.54) is 10.6 Å². The maximum absolute atomic E-state index is 5.45. The van der Waals surface area contributed by atoms with E-state index in [1.54, 1.807) is 11.3 Å². The molecule has 0 saturated carbocycles. The van der Waals surface area contributed by atoms with Crippen LogP contribution in [-0.4, -0.2) is 66.8 Å². The van der Waals surface area contributed by atoms with Gasteiger partial charge in [0.25, 0.3) is 0 Å². The number of nitrogens with zero attached hydrogens (tertiary/aromatic N) is 3. The third kappa shape index (κ3) is 4.25. The third-order valence-corrected chi connectivity index (χ3v) is 5.08. The lowest BCUT2D eigenvalue weighted by Gasteiger charge is -2.42. The number of thiazole rings is 1. The van der Waals surface area contributed by atoms with Gasteiger partial charge in [0.15, 0.2) is 0 Å². The zero-order valence-electron chi connectivity index (χ0n) is 13.2. The second-order valence-electron chi connectivity index (χ2n) is 6.26. The van der Waals surface area contributed by atoms with Gasteiger partial charge in [-0.05, 0) is 34.2 Å². The van der Waals surface area contributed by atoms with E-state index in [0.29, 0.717) is 0 Å². The lowest BCUT2D eigenvalue weighted by atomic mass is 10.0. The Morgan fingerprint density at radius 2 is 2.10 bits per heavy atom. The van der Waals surface area contributed by atoms with Gasteiger partial charge in [0, 0.05) is 36.6 Å². The number of ether oxygens (including phenoxy) is 1. The van der Waals surface area contributed by atoms with Gasteiger partial charge in [-0.3, -0.25) is 4.90 Å². The van der Waals surface area contributed by atoms with E-state index >= 15 is 0 Å². The molecule has 2 rings (SSSR count). The van der Waals surface area contributed by atoms with Crippen molar-refractivity contribution in [2.24, 2.45) is 0 Å². The van der Waals surface area contributed by atoms with Gasteiger partial charge < -0.3 is 9.64 Å². The zero-order chi connectivity index (χ0) is 14.6. The van der Waals surface area contributed by atoms with Crippen LogP contribution >= 0.6 is 11.3 Å². The zero-order valence-corrected chi connectivity index (χ0v) is 14.0. The van der Waals surface area contributed by atoms with Crippen molar-refractivity contribution in [3.05, 3.63) is 16.1 Å². The molecule has 0 radical (unpaired) electrons. The Balaban J connectivity index is 1.80. The highest BCUT2D eigenvalue weighted by Crippen LogP contribution is 2.18. The average molecular weight is 297 g/mol. The summed E-state index contributed by atoms with van der Waals surface area (Å²) < 4.78 is 5.45. The fourth-order valence-corrected chi connectivity index (χ4v) is 3.64. The molecule has 1 aliphatic heterocycles. The first-order valence-corrected chi connectivity index (χ1v) is 8.27. The van der Waals surface area contributed by atoms with Crippen molar-refractivity contribution in [3.8, 4) is 0 Å². The largest absolute Gasteiger partial charge is 0.379 e. The number of aryl methyl sites for hydroxylation is 1. The van der Waals surface area contributed by atoms with Gasteiger partial charge in [0.2, 0.25) is 0 Å². The quantitative estimate of drug-likeness (QED) is 0.803. The molecule has 20 heavy (non-hydrogen) atoms. The normalized spacial score (nSPS) is 17.9. The van der Waals surface area contributed by atoms with Crippen molar-refractivity contribution in [2.45, 2.75) is 32.7 Å². The number of rotatable bonds is 6. The predicted molar refractivity (Wildman–Crippen MR) is 84.5 cm³/mol. The summed E-state index contributed by atoms with van der Waals surface area (Å²) in [6.07, 6.45) is 1.10. The predicted octanol–water partition coefficient (Wildman–Crippen LogP) is 2.04. The molecule has 114 valence electrons. The van der Waals surface area contributed by atoms with Crippen molar-refractivity contribution >= 4 is 11.3 Å². The van der Waals surface area contributed by atoms with Gasteiger partial charge in [0.05, 0.1) is 24.4 Å². The topological polar surface area (TPSA) is 28.6 Å². The van der Waals surface area contributed by atoms with Crippen LogP contribution in [0.3, 0.4) is 0 Å². The van der Waals surface area contributed by atoms with Crippen LogP contribution < -0.4 is 0 Å². The molecule has 1 aromatic heterocycles. The average Bonchev–Trinajstić information content (AvgIpc) is 2.82. The van der Waals surface area contributed by atoms with Crippen LogP contribution in [0.25, 0.3) is 0 Å². The number of morpholine rings is 1. The van der Waals surface area contributed by atoms with E-state index in [1.807, 2.05) is 5.51 Å². The Kier molecular flexibility index (Phi) is 5.55. The maximum Gasteiger partial charge on any atom is 0.0797 e. The molecule has 0 bridgehead atoms. The summed E-state index contributed by atoms with van der Waals surface area (Å²) in [6.45, 7) is 12.8. The summed E-state index contributed by atoms with van der Waals surface area (Å²) in [5.41, 5.74) is 3.35. The summed E-state index contributed by atoms with van der Waals surface area (Å²) in [6, 6.07) is 0. The van der Waals surface area contributed by atoms with Crippen LogP contribution in [-0.2, 0) is 11.2 Å². The number of aromatic nitrogens is 1. The van der Waals surface area contributed by atoms with Crippen molar-refractivity contribution in [2.75, 3.05) is 46.4 Å². The van der Waals surface area contributed by atoms with E-state index < -0.39 is 0 Å². The molecule has 4 nitrogen and oxygen atoms in total. The summed E-state index contributed by atoms with van der Waals surface area (Å²) in [7, 11) is 2.22. The Morgan fingerprint density at radius 3 is 2.70 bits per heavy atom. The van der Waals surface area contributed by atoms with Crippen LogP contribution in [0.1, 0.15) is 24.4 Å². The first-order chi connectivity index (χ1) is 9.49. The molecule has 1 aliphatic rings. The Labute approximate surface area is 126 Å². The molecule has 0 amide bonds. The first-order valence-electron chi connectivity index (χ1n) is 7.39. The maximum atomic E-state index is 5.45. The molecular weight excluding hydrogens is 270 g/mol. The molecule has 1 fully saturated rings. The van der Waals surface area contributed by atoms with Crippen molar-refractivity contribution < 1.29 is 4.74 Å². The fourth-order valence-electron chi connectivity index (χ4n) is 2.87. The minimum Gasteiger partial charge on any atom is -0.379 e. The van der Waals surface area contributed by atoms with Gasteiger partial charge in [-0.25, -0.2) is 4.98 Å². The van der Waals surface area contributed by atoms with E-state index in [2.05, 4.69) is 42.6 Å². The molecule has 0 atom stereocenters. The smallest absolute Gasteiger partial charge is 0.0797 e. The SMILES string of the molecule is Cc1ncsc1CCN(C)CC(C)(C)N1CCOCC1. The molecule has 1 saturated heterocycles. The summed E-state index contributed by atoms with van der Waals surface area (Å²) >= 11 is 1.77. The highest BCUT2D eigenvalue weighted by atomic mass is 32.1. The van der Waals surface area contributed by atoms with E-state index in [9.17, 15) is 0 Å². The molecule has 0 aromatic carbocycles. The van der Waals surface area contributed by atoms with Gasteiger partial charge in [-0.1, -0.05) is 0 Å². The molecular formula is C15H27N3OS. The second kappa shape index (κ2) is 6.98. The van der Waals surface area contributed by atoms with Crippen LogP contribution in [0.15, 0.2) is 5.51 Å². The van der Waals surface area contributed by atoms with E-state index in [-0.39, 0.29) is 5.54 Å².